The molecule has 0 bridgehead atoms. The van der Waals surface area contributed by atoms with Crippen LogP contribution in [0.15, 0.2) is 42.5 Å². The quantitative estimate of drug-likeness (QED) is 0.793. The van der Waals surface area contributed by atoms with Gasteiger partial charge in [-0.3, -0.25) is 4.57 Å². The average molecular weight is 267 g/mol. The van der Waals surface area contributed by atoms with Crippen molar-refractivity contribution in [1.29, 1.82) is 0 Å². The summed E-state index contributed by atoms with van der Waals surface area (Å²) in [6.07, 6.45) is 0. The number of methoxy groups -OCH3 is 1. The first kappa shape index (κ1) is 12.7. The highest BCUT2D eigenvalue weighted by Crippen LogP contribution is 2.27. The van der Waals surface area contributed by atoms with Crippen molar-refractivity contribution in [2.24, 2.45) is 0 Å². The number of nitrogens with zero attached hydrogens (tertiary/aromatic N) is 2. The van der Waals surface area contributed by atoms with Gasteiger partial charge in [-0.15, -0.1) is 0 Å². The van der Waals surface area contributed by atoms with Crippen molar-refractivity contribution in [3.8, 4) is 5.69 Å². The summed E-state index contributed by atoms with van der Waals surface area (Å²) in [6, 6.07) is 14.1. The van der Waals surface area contributed by atoms with Crippen LogP contribution in [0, 0.1) is 6.92 Å². The number of ether oxygens (including phenoxy) is 1. The minimum atomic E-state index is 0.498. The fourth-order valence-corrected chi connectivity index (χ4v) is 2.56. The Morgan fingerprint density at radius 1 is 1.15 bits per heavy atom. The van der Waals surface area contributed by atoms with E-state index in [1.54, 1.807) is 7.11 Å². The van der Waals surface area contributed by atoms with E-state index in [1.807, 2.05) is 41.0 Å². The minimum absolute atomic E-state index is 0.498. The number of nitrogen functional groups attached to an aromatic ring is 1. The zero-order chi connectivity index (χ0) is 14.1. The van der Waals surface area contributed by atoms with E-state index in [9.17, 15) is 0 Å². The fourth-order valence-electron chi connectivity index (χ4n) is 2.56. The third-order valence-corrected chi connectivity index (χ3v) is 3.44. The van der Waals surface area contributed by atoms with Crippen LogP contribution >= 0.6 is 0 Å². The standard InChI is InChI=1S/C16H17N3O/c1-11-6-5-8-13-15(11)19(16(17)18-13)14-9-4-3-7-12(14)10-20-2/h3-9H,10H2,1-2H3,(H2,17,18). The normalized spacial score (nSPS) is 11.1. The monoisotopic (exact) mass is 267 g/mol. The Balaban J connectivity index is 2.32. The van der Waals surface area contributed by atoms with Gasteiger partial charge in [-0.25, -0.2) is 4.98 Å². The van der Waals surface area contributed by atoms with Crippen molar-refractivity contribution in [3.05, 3.63) is 53.6 Å². The molecule has 102 valence electrons. The lowest BCUT2D eigenvalue weighted by atomic mass is 10.1. The topological polar surface area (TPSA) is 53.1 Å². The van der Waals surface area contributed by atoms with Crippen LogP contribution in [-0.4, -0.2) is 16.7 Å². The Labute approximate surface area is 117 Å². The third-order valence-electron chi connectivity index (χ3n) is 3.44. The molecule has 2 aromatic carbocycles. The zero-order valence-corrected chi connectivity index (χ0v) is 11.6. The van der Waals surface area contributed by atoms with Gasteiger partial charge in [0, 0.05) is 12.7 Å². The molecule has 1 aromatic heterocycles. The van der Waals surface area contributed by atoms with Crippen LogP contribution in [0.3, 0.4) is 0 Å². The number of aromatic nitrogens is 2. The predicted octanol–water partition coefficient (Wildman–Crippen LogP) is 3.06. The van der Waals surface area contributed by atoms with Crippen molar-refractivity contribution in [1.82, 2.24) is 9.55 Å². The minimum Gasteiger partial charge on any atom is -0.380 e. The van der Waals surface area contributed by atoms with Gasteiger partial charge < -0.3 is 10.5 Å². The maximum atomic E-state index is 6.13. The number of hydrogen-bond donors (Lipinski definition) is 1. The van der Waals surface area contributed by atoms with Crippen molar-refractivity contribution in [2.45, 2.75) is 13.5 Å². The molecule has 20 heavy (non-hydrogen) atoms. The molecule has 0 unspecified atom stereocenters. The number of rotatable bonds is 3. The molecular formula is C16H17N3O. The molecule has 2 N–H and O–H groups in total. The summed E-state index contributed by atoms with van der Waals surface area (Å²) in [5.74, 6) is 0.498. The lowest BCUT2D eigenvalue weighted by Gasteiger charge is -2.13. The lowest BCUT2D eigenvalue weighted by molar-refractivity contribution is 0.185. The van der Waals surface area contributed by atoms with E-state index in [0.717, 1.165) is 27.8 Å². The second-order valence-electron chi connectivity index (χ2n) is 4.81. The number of para-hydroxylation sites is 2. The van der Waals surface area contributed by atoms with Gasteiger partial charge in [-0.2, -0.15) is 0 Å². The van der Waals surface area contributed by atoms with Crippen molar-refractivity contribution < 1.29 is 4.74 Å². The Bertz CT molecular complexity index is 762. The van der Waals surface area contributed by atoms with Crippen LogP contribution in [0.25, 0.3) is 16.7 Å². The van der Waals surface area contributed by atoms with Crippen molar-refractivity contribution in [2.75, 3.05) is 12.8 Å². The number of fused-ring (bicyclic) bond motifs is 1. The molecule has 0 fully saturated rings. The molecule has 0 atom stereocenters. The number of nitrogens with two attached hydrogens (primary N) is 1. The van der Waals surface area contributed by atoms with Gasteiger partial charge in [0.05, 0.1) is 23.3 Å². The molecule has 4 heteroatoms. The highest BCUT2D eigenvalue weighted by Gasteiger charge is 2.14. The molecule has 0 aliphatic heterocycles. The molecule has 0 radical (unpaired) electrons. The van der Waals surface area contributed by atoms with Gasteiger partial charge in [-0.1, -0.05) is 30.3 Å². The van der Waals surface area contributed by atoms with Crippen molar-refractivity contribution >= 4 is 17.0 Å². The Morgan fingerprint density at radius 2 is 1.95 bits per heavy atom. The highest BCUT2D eigenvalue weighted by molar-refractivity contribution is 5.84. The van der Waals surface area contributed by atoms with Crippen LogP contribution in [0.1, 0.15) is 11.1 Å². The second-order valence-corrected chi connectivity index (χ2v) is 4.81. The molecule has 0 aliphatic carbocycles. The summed E-state index contributed by atoms with van der Waals surface area (Å²) < 4.78 is 7.27. The molecule has 1 heterocycles. The van der Waals surface area contributed by atoms with Crippen LogP contribution < -0.4 is 5.73 Å². The number of benzene rings is 2. The van der Waals surface area contributed by atoms with Gasteiger partial charge >= 0.3 is 0 Å². The molecule has 0 aliphatic rings. The van der Waals surface area contributed by atoms with Gasteiger partial charge in [0.1, 0.15) is 0 Å². The van der Waals surface area contributed by atoms with Crippen LogP contribution in [0.5, 0.6) is 0 Å². The summed E-state index contributed by atoms with van der Waals surface area (Å²) in [6.45, 7) is 2.61. The molecule has 0 spiro atoms. The van der Waals surface area contributed by atoms with Gasteiger partial charge in [0.15, 0.2) is 0 Å². The molecule has 4 nitrogen and oxygen atoms in total. The first-order chi connectivity index (χ1) is 9.72. The summed E-state index contributed by atoms with van der Waals surface area (Å²) in [4.78, 5) is 4.45. The van der Waals surface area contributed by atoms with E-state index in [1.165, 1.54) is 0 Å². The Kier molecular flexibility index (Phi) is 3.16. The molecule has 0 amide bonds. The molecule has 3 aromatic rings. The largest absolute Gasteiger partial charge is 0.380 e. The highest BCUT2D eigenvalue weighted by atomic mass is 16.5. The van der Waals surface area contributed by atoms with E-state index in [0.29, 0.717) is 12.6 Å². The van der Waals surface area contributed by atoms with Gasteiger partial charge in [0.25, 0.3) is 0 Å². The van der Waals surface area contributed by atoms with E-state index in [2.05, 4.69) is 18.0 Å². The summed E-state index contributed by atoms with van der Waals surface area (Å²) in [7, 11) is 1.69. The maximum Gasteiger partial charge on any atom is 0.205 e. The smallest absolute Gasteiger partial charge is 0.205 e. The SMILES string of the molecule is COCc1ccccc1-n1c(N)nc2cccc(C)c21. The Hall–Kier alpha value is -2.33. The third kappa shape index (κ3) is 1.94. The van der Waals surface area contributed by atoms with E-state index in [4.69, 9.17) is 10.5 Å². The Morgan fingerprint density at radius 3 is 2.75 bits per heavy atom. The van der Waals surface area contributed by atoms with Crippen LogP contribution in [0.2, 0.25) is 0 Å². The molecule has 0 saturated carbocycles. The molecule has 3 rings (SSSR count). The number of hydrogen-bond acceptors (Lipinski definition) is 3. The second kappa shape index (κ2) is 4.98. The molecule has 0 saturated heterocycles. The average Bonchev–Trinajstić information content (AvgIpc) is 2.77. The van der Waals surface area contributed by atoms with E-state index >= 15 is 0 Å². The van der Waals surface area contributed by atoms with E-state index < -0.39 is 0 Å². The zero-order valence-electron chi connectivity index (χ0n) is 11.6. The van der Waals surface area contributed by atoms with Crippen molar-refractivity contribution in [3.63, 3.8) is 0 Å². The van der Waals surface area contributed by atoms with Gasteiger partial charge in [0.2, 0.25) is 5.95 Å². The first-order valence-corrected chi connectivity index (χ1v) is 6.53. The lowest BCUT2D eigenvalue weighted by Crippen LogP contribution is -2.05. The van der Waals surface area contributed by atoms with E-state index in [-0.39, 0.29) is 0 Å². The van der Waals surface area contributed by atoms with Crippen LogP contribution in [-0.2, 0) is 11.3 Å². The van der Waals surface area contributed by atoms with Crippen LogP contribution in [0.4, 0.5) is 5.95 Å². The molecular weight excluding hydrogens is 250 g/mol. The summed E-state index contributed by atoms with van der Waals surface area (Å²) in [5.41, 5.74) is 11.3. The maximum absolute atomic E-state index is 6.13. The number of aryl methyl sites for hydroxylation is 1. The predicted molar refractivity (Wildman–Crippen MR) is 80.9 cm³/mol. The summed E-state index contributed by atoms with van der Waals surface area (Å²) >= 11 is 0. The summed E-state index contributed by atoms with van der Waals surface area (Å²) in [5, 5.41) is 0. The number of anilines is 1. The fraction of sp³-hybridized carbons (Fsp3) is 0.188. The first-order valence-electron chi connectivity index (χ1n) is 6.53. The number of imidazole rings is 1. The van der Waals surface area contributed by atoms with Gasteiger partial charge in [-0.05, 0) is 24.6 Å².